The molecule has 4 N–H and O–H groups in total. The van der Waals surface area contributed by atoms with Gasteiger partial charge in [0, 0.05) is 25.2 Å². The number of carbonyl (C=O) groups excluding carboxylic acids is 2. The molecule has 0 aromatic carbocycles. The molecule has 26 heavy (non-hydrogen) atoms. The summed E-state index contributed by atoms with van der Waals surface area (Å²) in [6.45, 7) is 7.28. The first kappa shape index (κ1) is 25.4. The SMILES string of the molecule is CC1(C)CN(C2(CNC(=O)CNC(=O)CN)CCCCC2)CCO1.Cl.Cl. The largest absolute Gasteiger partial charge is 0.373 e. The van der Waals surface area contributed by atoms with Crippen LogP contribution in [0.3, 0.4) is 0 Å². The topological polar surface area (TPSA) is 96.7 Å². The molecule has 9 heteroatoms. The molecule has 1 saturated carbocycles. The van der Waals surface area contributed by atoms with Crippen LogP contribution in [-0.4, -0.2) is 67.2 Å². The summed E-state index contributed by atoms with van der Waals surface area (Å²) in [6, 6.07) is 0. The van der Waals surface area contributed by atoms with E-state index in [1.807, 2.05) is 0 Å². The first-order chi connectivity index (χ1) is 11.4. The minimum Gasteiger partial charge on any atom is -0.373 e. The van der Waals surface area contributed by atoms with Gasteiger partial charge in [-0.15, -0.1) is 24.8 Å². The van der Waals surface area contributed by atoms with Crippen LogP contribution in [0.5, 0.6) is 0 Å². The number of carbonyl (C=O) groups is 2. The number of nitrogens with two attached hydrogens (primary N) is 1. The van der Waals surface area contributed by atoms with Crippen molar-refractivity contribution in [1.82, 2.24) is 15.5 Å². The molecule has 0 unspecified atom stereocenters. The van der Waals surface area contributed by atoms with E-state index in [2.05, 4.69) is 29.4 Å². The number of rotatable bonds is 6. The van der Waals surface area contributed by atoms with Gasteiger partial charge in [0.05, 0.1) is 25.3 Å². The predicted octanol–water partition coefficient (Wildman–Crippen LogP) is 0.835. The quantitative estimate of drug-likeness (QED) is 0.600. The second-order valence-electron chi connectivity index (χ2n) is 7.57. The second-order valence-corrected chi connectivity index (χ2v) is 7.57. The van der Waals surface area contributed by atoms with Gasteiger partial charge in [0.15, 0.2) is 0 Å². The second kappa shape index (κ2) is 11.3. The van der Waals surface area contributed by atoms with E-state index in [4.69, 9.17) is 10.5 Å². The van der Waals surface area contributed by atoms with Crippen molar-refractivity contribution >= 4 is 36.6 Å². The Bertz CT molecular complexity index is 457. The number of hydrogen-bond acceptors (Lipinski definition) is 5. The van der Waals surface area contributed by atoms with E-state index in [0.29, 0.717) is 6.54 Å². The van der Waals surface area contributed by atoms with Crippen LogP contribution in [0.25, 0.3) is 0 Å². The molecular weight excluding hydrogens is 379 g/mol. The average molecular weight is 413 g/mol. The summed E-state index contributed by atoms with van der Waals surface area (Å²) in [5.41, 5.74) is 5.09. The minimum absolute atomic E-state index is 0. The number of halogens is 2. The molecule has 1 heterocycles. The van der Waals surface area contributed by atoms with E-state index < -0.39 is 0 Å². The maximum absolute atomic E-state index is 12.0. The van der Waals surface area contributed by atoms with Gasteiger partial charge in [0.1, 0.15) is 0 Å². The third-order valence-corrected chi connectivity index (χ3v) is 5.13. The van der Waals surface area contributed by atoms with E-state index in [9.17, 15) is 9.59 Å². The van der Waals surface area contributed by atoms with Gasteiger partial charge in [0.2, 0.25) is 11.8 Å². The highest BCUT2D eigenvalue weighted by atomic mass is 35.5. The van der Waals surface area contributed by atoms with Crippen LogP contribution in [-0.2, 0) is 14.3 Å². The Labute approximate surface area is 169 Å². The summed E-state index contributed by atoms with van der Waals surface area (Å²) in [4.78, 5) is 25.7. The average Bonchev–Trinajstić information content (AvgIpc) is 2.57. The maximum Gasteiger partial charge on any atom is 0.239 e. The molecule has 2 rings (SSSR count). The molecule has 1 aliphatic carbocycles. The van der Waals surface area contributed by atoms with Crippen LogP contribution >= 0.6 is 24.8 Å². The highest BCUT2D eigenvalue weighted by Gasteiger charge is 2.42. The van der Waals surface area contributed by atoms with Gasteiger partial charge in [0.25, 0.3) is 0 Å². The molecular formula is C17H34Cl2N4O3. The summed E-state index contributed by atoms with van der Waals surface area (Å²) < 4.78 is 5.85. The van der Waals surface area contributed by atoms with Gasteiger partial charge < -0.3 is 21.1 Å². The van der Waals surface area contributed by atoms with Crippen LogP contribution in [0, 0.1) is 0 Å². The van der Waals surface area contributed by atoms with Crippen molar-refractivity contribution in [2.24, 2.45) is 5.73 Å². The van der Waals surface area contributed by atoms with Gasteiger partial charge in [-0.1, -0.05) is 19.3 Å². The molecule has 0 bridgehead atoms. The van der Waals surface area contributed by atoms with Crippen LogP contribution in [0.15, 0.2) is 0 Å². The zero-order chi connectivity index (χ0) is 17.6. The number of morpholine rings is 1. The van der Waals surface area contributed by atoms with Gasteiger partial charge in [-0.05, 0) is 26.7 Å². The normalized spacial score (nSPS) is 21.7. The fourth-order valence-electron chi connectivity index (χ4n) is 3.81. The molecule has 7 nitrogen and oxygen atoms in total. The van der Waals surface area contributed by atoms with Crippen molar-refractivity contribution < 1.29 is 14.3 Å². The van der Waals surface area contributed by atoms with E-state index in [1.54, 1.807) is 0 Å². The minimum atomic E-state index is -0.313. The molecule has 2 amide bonds. The zero-order valence-corrected chi connectivity index (χ0v) is 17.5. The Morgan fingerprint density at radius 1 is 1.08 bits per heavy atom. The summed E-state index contributed by atoms with van der Waals surface area (Å²) >= 11 is 0. The van der Waals surface area contributed by atoms with E-state index in [-0.39, 0.29) is 60.9 Å². The van der Waals surface area contributed by atoms with Crippen molar-refractivity contribution in [1.29, 1.82) is 0 Å². The molecule has 0 aromatic rings. The standard InChI is InChI=1S/C17H32N4O3.2ClH/c1-16(2)13-21(8-9-24-16)17(6-4-3-5-7-17)12-20-15(23)11-19-14(22)10-18;;/h3-13,18H2,1-2H3,(H,19,22)(H,20,23);2*1H. The lowest BCUT2D eigenvalue weighted by Gasteiger charge is -2.51. The number of nitrogens with zero attached hydrogens (tertiary/aromatic N) is 1. The Balaban J connectivity index is 0.00000312. The fourth-order valence-corrected chi connectivity index (χ4v) is 3.81. The molecule has 0 radical (unpaired) electrons. The Morgan fingerprint density at radius 2 is 1.73 bits per heavy atom. The lowest BCUT2D eigenvalue weighted by atomic mass is 9.79. The third-order valence-electron chi connectivity index (χ3n) is 5.13. The van der Waals surface area contributed by atoms with Crippen LogP contribution in [0.1, 0.15) is 46.0 Å². The highest BCUT2D eigenvalue weighted by Crippen LogP contribution is 2.35. The molecule has 1 aliphatic heterocycles. The summed E-state index contributed by atoms with van der Waals surface area (Å²) in [5.74, 6) is -0.471. The van der Waals surface area contributed by atoms with Crippen LogP contribution < -0.4 is 16.4 Å². The lowest BCUT2D eigenvalue weighted by Crippen LogP contribution is -2.63. The highest BCUT2D eigenvalue weighted by molar-refractivity contribution is 5.86. The number of nitrogens with one attached hydrogen (secondary N) is 2. The first-order valence-electron chi connectivity index (χ1n) is 8.99. The van der Waals surface area contributed by atoms with Crippen molar-refractivity contribution in [2.75, 3.05) is 39.3 Å². The molecule has 0 spiro atoms. The van der Waals surface area contributed by atoms with Crippen LogP contribution in [0.4, 0.5) is 0 Å². The molecule has 0 atom stereocenters. The molecule has 2 aliphatic rings. The Hall–Kier alpha value is -0.600. The Morgan fingerprint density at radius 3 is 2.31 bits per heavy atom. The van der Waals surface area contributed by atoms with E-state index in [0.717, 1.165) is 32.5 Å². The van der Waals surface area contributed by atoms with Gasteiger partial charge in [-0.25, -0.2) is 0 Å². The van der Waals surface area contributed by atoms with E-state index in [1.165, 1.54) is 19.3 Å². The predicted molar refractivity (Wildman–Crippen MR) is 107 cm³/mol. The van der Waals surface area contributed by atoms with Crippen LogP contribution in [0.2, 0.25) is 0 Å². The summed E-state index contributed by atoms with van der Waals surface area (Å²) in [6.07, 6.45) is 5.84. The van der Waals surface area contributed by atoms with Gasteiger partial charge >= 0.3 is 0 Å². The summed E-state index contributed by atoms with van der Waals surface area (Å²) in [7, 11) is 0. The van der Waals surface area contributed by atoms with Gasteiger partial charge in [-0.3, -0.25) is 14.5 Å². The van der Waals surface area contributed by atoms with Crippen molar-refractivity contribution in [2.45, 2.75) is 57.1 Å². The van der Waals surface area contributed by atoms with Crippen molar-refractivity contribution in [3.63, 3.8) is 0 Å². The first-order valence-corrected chi connectivity index (χ1v) is 8.99. The zero-order valence-electron chi connectivity index (χ0n) is 15.8. The maximum atomic E-state index is 12.0. The third kappa shape index (κ3) is 7.19. The summed E-state index contributed by atoms with van der Waals surface area (Å²) in [5, 5.41) is 5.54. The monoisotopic (exact) mass is 412 g/mol. The molecule has 154 valence electrons. The number of hydrogen-bond donors (Lipinski definition) is 3. The van der Waals surface area contributed by atoms with Gasteiger partial charge in [-0.2, -0.15) is 0 Å². The van der Waals surface area contributed by atoms with Crippen molar-refractivity contribution in [3.05, 3.63) is 0 Å². The Kier molecular flexibility index (Phi) is 11.0. The number of amides is 2. The smallest absolute Gasteiger partial charge is 0.239 e. The molecule has 0 aromatic heterocycles. The molecule has 1 saturated heterocycles. The number of ether oxygens (including phenoxy) is 1. The van der Waals surface area contributed by atoms with E-state index >= 15 is 0 Å². The molecule has 2 fully saturated rings. The lowest BCUT2D eigenvalue weighted by molar-refractivity contribution is -0.130. The van der Waals surface area contributed by atoms with Crippen molar-refractivity contribution in [3.8, 4) is 0 Å². The fraction of sp³-hybridized carbons (Fsp3) is 0.882.